The van der Waals surface area contributed by atoms with Gasteiger partial charge in [0, 0.05) is 19.8 Å². The molecule has 0 aliphatic rings. The zero-order valence-corrected chi connectivity index (χ0v) is 11.5. The second-order valence-corrected chi connectivity index (χ2v) is 5.76. The van der Waals surface area contributed by atoms with Gasteiger partial charge in [0.1, 0.15) is 11.8 Å². The smallest absolute Gasteiger partial charge is 0.226 e. The number of anilines is 1. The summed E-state index contributed by atoms with van der Waals surface area (Å²) in [6, 6.07) is 5.67. The average molecular weight is 309 g/mol. The van der Waals surface area contributed by atoms with Gasteiger partial charge in [-0.15, -0.1) is 11.3 Å². The molecule has 0 bridgehead atoms. The summed E-state index contributed by atoms with van der Waals surface area (Å²) in [6.07, 6.45) is 1.60. The fourth-order valence-corrected chi connectivity index (χ4v) is 2.57. The lowest BCUT2D eigenvalue weighted by molar-refractivity contribution is 0.866. The van der Waals surface area contributed by atoms with Gasteiger partial charge < -0.3 is 4.90 Å². The van der Waals surface area contributed by atoms with Crippen LogP contribution in [0.5, 0.6) is 0 Å². The van der Waals surface area contributed by atoms with E-state index in [0.29, 0.717) is 11.6 Å². The first-order valence-electron chi connectivity index (χ1n) is 4.86. The molecule has 86 valence electrons. The van der Waals surface area contributed by atoms with E-state index in [4.69, 9.17) is 5.26 Å². The largest absolute Gasteiger partial charge is 0.339 e. The Bertz CT molecular complexity index is 561. The van der Waals surface area contributed by atoms with Crippen molar-refractivity contribution in [2.24, 2.45) is 0 Å². The van der Waals surface area contributed by atoms with Crippen molar-refractivity contribution in [1.29, 1.82) is 5.26 Å². The Morgan fingerprint density at radius 1 is 1.59 bits per heavy atom. The Morgan fingerprint density at radius 2 is 2.41 bits per heavy atom. The molecule has 0 N–H and O–H groups in total. The topological polar surface area (TPSA) is 52.8 Å². The van der Waals surface area contributed by atoms with Crippen molar-refractivity contribution >= 4 is 33.2 Å². The lowest BCUT2D eigenvalue weighted by Crippen LogP contribution is -2.18. The Labute approximate surface area is 112 Å². The van der Waals surface area contributed by atoms with Crippen LogP contribution in [-0.2, 0) is 6.54 Å². The van der Waals surface area contributed by atoms with Crippen LogP contribution in [0.3, 0.4) is 0 Å². The lowest BCUT2D eigenvalue weighted by Gasteiger charge is -2.15. The van der Waals surface area contributed by atoms with E-state index in [1.807, 2.05) is 18.0 Å². The van der Waals surface area contributed by atoms with Gasteiger partial charge in [0.25, 0.3) is 0 Å². The summed E-state index contributed by atoms with van der Waals surface area (Å²) in [5.41, 5.74) is 1.57. The summed E-state index contributed by atoms with van der Waals surface area (Å²) in [6.45, 7) is 0.719. The summed E-state index contributed by atoms with van der Waals surface area (Å²) >= 11 is 5.07. The SMILES string of the molecule is CN(Cc1csc(Br)c1)c1nccc(C#N)n1. The number of hydrogen-bond acceptors (Lipinski definition) is 5. The summed E-state index contributed by atoms with van der Waals surface area (Å²) in [4.78, 5) is 10.2. The first kappa shape index (κ1) is 12.0. The van der Waals surface area contributed by atoms with E-state index in [-0.39, 0.29) is 0 Å². The van der Waals surface area contributed by atoms with Crippen molar-refractivity contribution in [2.45, 2.75) is 6.54 Å². The van der Waals surface area contributed by atoms with Gasteiger partial charge in [-0.25, -0.2) is 9.97 Å². The normalized spacial score (nSPS) is 9.94. The van der Waals surface area contributed by atoms with E-state index < -0.39 is 0 Å². The molecule has 2 rings (SSSR count). The maximum atomic E-state index is 8.77. The third kappa shape index (κ3) is 3.02. The Morgan fingerprint density at radius 3 is 3.06 bits per heavy atom. The molecule has 0 saturated carbocycles. The molecule has 0 aliphatic heterocycles. The standard InChI is InChI=1S/C11H9BrN4S/c1-16(6-8-4-10(12)17-7-8)11-14-3-2-9(5-13)15-11/h2-4,7H,6H2,1H3. The highest BCUT2D eigenvalue weighted by atomic mass is 79.9. The lowest BCUT2D eigenvalue weighted by atomic mass is 10.3. The van der Waals surface area contributed by atoms with Crippen LogP contribution in [0, 0.1) is 11.3 Å². The molecule has 2 aromatic heterocycles. The fourth-order valence-electron chi connectivity index (χ4n) is 1.37. The number of nitriles is 1. The molecule has 6 heteroatoms. The minimum absolute atomic E-state index is 0.383. The highest BCUT2D eigenvalue weighted by Crippen LogP contribution is 2.22. The van der Waals surface area contributed by atoms with Crippen LogP contribution in [0.4, 0.5) is 5.95 Å². The van der Waals surface area contributed by atoms with Gasteiger partial charge >= 0.3 is 0 Å². The van der Waals surface area contributed by atoms with Crippen LogP contribution in [0.1, 0.15) is 11.3 Å². The second kappa shape index (κ2) is 5.25. The van der Waals surface area contributed by atoms with Gasteiger partial charge in [0.2, 0.25) is 5.95 Å². The molecule has 2 heterocycles. The predicted octanol–water partition coefficient (Wildman–Crippen LogP) is 2.81. The van der Waals surface area contributed by atoms with E-state index in [1.54, 1.807) is 23.6 Å². The molecule has 4 nitrogen and oxygen atoms in total. The summed E-state index contributed by atoms with van der Waals surface area (Å²) in [5, 5.41) is 10.9. The molecule has 0 amide bonds. The molecule has 0 radical (unpaired) electrons. The van der Waals surface area contributed by atoms with Gasteiger partial charge in [-0.3, -0.25) is 0 Å². The predicted molar refractivity (Wildman–Crippen MR) is 70.9 cm³/mol. The summed E-state index contributed by atoms with van der Waals surface area (Å²) in [7, 11) is 1.90. The molecule has 0 fully saturated rings. The van der Waals surface area contributed by atoms with E-state index in [9.17, 15) is 0 Å². The van der Waals surface area contributed by atoms with Crippen LogP contribution in [0.15, 0.2) is 27.5 Å². The van der Waals surface area contributed by atoms with Gasteiger partial charge in [-0.1, -0.05) is 0 Å². The minimum Gasteiger partial charge on any atom is -0.339 e. The van der Waals surface area contributed by atoms with Crippen molar-refractivity contribution in [3.05, 3.63) is 38.8 Å². The highest BCUT2D eigenvalue weighted by Gasteiger charge is 2.07. The Hall–Kier alpha value is -1.45. The van der Waals surface area contributed by atoms with Crippen LogP contribution < -0.4 is 4.90 Å². The number of thiophene rings is 1. The number of halogens is 1. The number of nitrogens with zero attached hydrogens (tertiary/aromatic N) is 4. The molecule has 0 aliphatic carbocycles. The number of rotatable bonds is 3. The monoisotopic (exact) mass is 308 g/mol. The van der Waals surface area contributed by atoms with E-state index in [1.165, 1.54) is 5.56 Å². The van der Waals surface area contributed by atoms with Crippen molar-refractivity contribution < 1.29 is 0 Å². The van der Waals surface area contributed by atoms with Crippen LogP contribution in [-0.4, -0.2) is 17.0 Å². The zero-order valence-electron chi connectivity index (χ0n) is 9.09. The molecule has 17 heavy (non-hydrogen) atoms. The molecule has 0 aromatic carbocycles. The van der Waals surface area contributed by atoms with Crippen LogP contribution >= 0.6 is 27.3 Å². The molecular weight excluding hydrogens is 300 g/mol. The average Bonchev–Trinajstić information content (AvgIpc) is 2.75. The molecule has 2 aromatic rings. The number of aromatic nitrogens is 2. The maximum absolute atomic E-state index is 8.77. The first-order chi connectivity index (χ1) is 8.19. The fraction of sp³-hybridized carbons (Fsp3) is 0.182. The highest BCUT2D eigenvalue weighted by molar-refractivity contribution is 9.11. The molecule has 0 spiro atoms. The summed E-state index contributed by atoms with van der Waals surface area (Å²) < 4.78 is 1.10. The van der Waals surface area contributed by atoms with E-state index >= 15 is 0 Å². The second-order valence-electron chi connectivity index (χ2n) is 3.47. The number of hydrogen-bond donors (Lipinski definition) is 0. The summed E-state index contributed by atoms with van der Waals surface area (Å²) in [5.74, 6) is 0.561. The van der Waals surface area contributed by atoms with E-state index in [0.717, 1.165) is 10.3 Å². The van der Waals surface area contributed by atoms with Crippen molar-refractivity contribution in [3.63, 3.8) is 0 Å². The van der Waals surface area contributed by atoms with Crippen molar-refractivity contribution in [2.75, 3.05) is 11.9 Å². The third-order valence-corrected chi connectivity index (χ3v) is 3.69. The zero-order chi connectivity index (χ0) is 12.3. The van der Waals surface area contributed by atoms with Gasteiger partial charge in [-0.2, -0.15) is 5.26 Å². The van der Waals surface area contributed by atoms with Gasteiger partial charge in [0.15, 0.2) is 0 Å². The molecule has 0 atom stereocenters. The maximum Gasteiger partial charge on any atom is 0.226 e. The quantitative estimate of drug-likeness (QED) is 0.875. The van der Waals surface area contributed by atoms with Gasteiger partial charge in [0.05, 0.1) is 3.79 Å². The van der Waals surface area contributed by atoms with Crippen molar-refractivity contribution in [3.8, 4) is 6.07 Å². The third-order valence-electron chi connectivity index (χ3n) is 2.14. The van der Waals surface area contributed by atoms with Crippen LogP contribution in [0.2, 0.25) is 0 Å². The minimum atomic E-state index is 0.383. The van der Waals surface area contributed by atoms with Crippen molar-refractivity contribution in [1.82, 2.24) is 9.97 Å². The Balaban J connectivity index is 2.14. The first-order valence-corrected chi connectivity index (χ1v) is 6.53. The Kier molecular flexibility index (Phi) is 3.71. The molecule has 0 saturated heterocycles. The van der Waals surface area contributed by atoms with Crippen LogP contribution in [0.25, 0.3) is 0 Å². The molecular formula is C11H9BrN4S. The van der Waals surface area contributed by atoms with Gasteiger partial charge in [-0.05, 0) is 39.0 Å². The van der Waals surface area contributed by atoms with E-state index in [2.05, 4.69) is 37.3 Å². The molecule has 0 unspecified atom stereocenters.